The average molecular weight is 230 g/mol. The van der Waals surface area contributed by atoms with Crippen molar-refractivity contribution in [3.63, 3.8) is 0 Å². The van der Waals surface area contributed by atoms with E-state index in [0.717, 1.165) is 11.3 Å². The first-order valence-corrected chi connectivity index (χ1v) is 5.85. The number of aromatic nitrogens is 1. The fourth-order valence-electron chi connectivity index (χ4n) is 1.90. The summed E-state index contributed by atoms with van der Waals surface area (Å²) in [5, 5.41) is 0. The van der Waals surface area contributed by atoms with Crippen LogP contribution < -0.4 is 5.73 Å². The van der Waals surface area contributed by atoms with Crippen molar-refractivity contribution in [1.82, 2.24) is 4.98 Å². The van der Waals surface area contributed by atoms with Crippen LogP contribution in [-0.4, -0.2) is 11.5 Å². The highest BCUT2D eigenvalue weighted by Gasteiger charge is 2.09. The second kappa shape index (κ2) is 4.72. The molecule has 17 heavy (non-hydrogen) atoms. The van der Waals surface area contributed by atoms with Crippen molar-refractivity contribution in [2.45, 2.75) is 27.2 Å². The number of aryl methyl sites for hydroxylation is 3. The Hall–Kier alpha value is -1.61. The second-order valence-electron chi connectivity index (χ2n) is 4.41. The van der Waals surface area contributed by atoms with Gasteiger partial charge in [0.15, 0.2) is 11.7 Å². The van der Waals surface area contributed by atoms with Crippen molar-refractivity contribution in [2.24, 2.45) is 5.73 Å². The summed E-state index contributed by atoms with van der Waals surface area (Å²) in [6.45, 7) is 6.88. The van der Waals surface area contributed by atoms with Crippen LogP contribution in [-0.2, 0) is 6.42 Å². The maximum absolute atomic E-state index is 5.69. The lowest BCUT2D eigenvalue weighted by atomic mass is 10.00. The van der Waals surface area contributed by atoms with Gasteiger partial charge in [-0.05, 0) is 43.5 Å². The Morgan fingerprint density at radius 2 is 1.82 bits per heavy atom. The molecule has 3 heteroatoms. The number of nitrogens with two attached hydrogens (primary N) is 1. The minimum atomic E-state index is 0.561. The van der Waals surface area contributed by atoms with E-state index < -0.39 is 0 Å². The molecule has 2 aromatic rings. The molecular formula is C14H18N2O. The third kappa shape index (κ3) is 2.39. The summed E-state index contributed by atoms with van der Waals surface area (Å²) in [7, 11) is 0. The van der Waals surface area contributed by atoms with Crippen molar-refractivity contribution in [3.8, 4) is 11.3 Å². The smallest absolute Gasteiger partial charge is 0.196 e. The van der Waals surface area contributed by atoms with E-state index in [2.05, 4.69) is 37.9 Å². The molecule has 1 heterocycles. The lowest BCUT2D eigenvalue weighted by Crippen LogP contribution is -2.02. The summed E-state index contributed by atoms with van der Waals surface area (Å²) in [4.78, 5) is 4.23. The van der Waals surface area contributed by atoms with E-state index in [4.69, 9.17) is 10.2 Å². The van der Waals surface area contributed by atoms with Gasteiger partial charge in [0.2, 0.25) is 0 Å². The maximum Gasteiger partial charge on any atom is 0.196 e. The highest BCUT2D eigenvalue weighted by molar-refractivity contribution is 5.63. The molecule has 1 aromatic heterocycles. The van der Waals surface area contributed by atoms with Gasteiger partial charge < -0.3 is 10.2 Å². The van der Waals surface area contributed by atoms with Gasteiger partial charge in [0.25, 0.3) is 0 Å². The fourth-order valence-corrected chi connectivity index (χ4v) is 1.90. The van der Waals surface area contributed by atoms with Crippen LogP contribution in [0.5, 0.6) is 0 Å². The van der Waals surface area contributed by atoms with Crippen LogP contribution in [0.25, 0.3) is 11.3 Å². The van der Waals surface area contributed by atoms with E-state index >= 15 is 0 Å². The third-order valence-corrected chi connectivity index (χ3v) is 3.02. The van der Waals surface area contributed by atoms with Crippen LogP contribution in [0.4, 0.5) is 0 Å². The molecule has 0 aliphatic carbocycles. The van der Waals surface area contributed by atoms with Crippen molar-refractivity contribution in [3.05, 3.63) is 40.9 Å². The van der Waals surface area contributed by atoms with Gasteiger partial charge in [0.05, 0.1) is 6.20 Å². The summed E-state index contributed by atoms with van der Waals surface area (Å²) < 4.78 is 5.69. The van der Waals surface area contributed by atoms with Crippen LogP contribution in [0.3, 0.4) is 0 Å². The normalized spacial score (nSPS) is 10.8. The van der Waals surface area contributed by atoms with Crippen LogP contribution in [0, 0.1) is 20.8 Å². The molecule has 0 fully saturated rings. The Kier molecular flexibility index (Phi) is 3.29. The SMILES string of the molecule is Cc1cc(C)c(-c2cnc(CCN)o2)cc1C. The van der Waals surface area contributed by atoms with Crippen molar-refractivity contribution >= 4 is 0 Å². The van der Waals surface area contributed by atoms with Gasteiger partial charge in [0, 0.05) is 18.5 Å². The topological polar surface area (TPSA) is 52.0 Å². The lowest BCUT2D eigenvalue weighted by Gasteiger charge is -2.07. The Balaban J connectivity index is 2.41. The van der Waals surface area contributed by atoms with Crippen LogP contribution in [0.1, 0.15) is 22.6 Å². The highest BCUT2D eigenvalue weighted by atomic mass is 16.4. The predicted octanol–water partition coefficient (Wildman–Crippen LogP) is 2.77. The summed E-state index contributed by atoms with van der Waals surface area (Å²) in [6.07, 6.45) is 2.46. The largest absolute Gasteiger partial charge is 0.441 e. The molecule has 1 aromatic carbocycles. The molecule has 0 saturated carbocycles. The molecule has 2 N–H and O–H groups in total. The molecule has 0 saturated heterocycles. The van der Waals surface area contributed by atoms with Crippen molar-refractivity contribution < 1.29 is 4.42 Å². The van der Waals surface area contributed by atoms with Gasteiger partial charge in [-0.3, -0.25) is 0 Å². The number of oxazole rings is 1. The molecule has 90 valence electrons. The first-order valence-electron chi connectivity index (χ1n) is 5.85. The summed E-state index contributed by atoms with van der Waals surface area (Å²) in [5.74, 6) is 1.54. The Morgan fingerprint density at radius 3 is 2.53 bits per heavy atom. The van der Waals surface area contributed by atoms with Crippen LogP contribution >= 0.6 is 0 Å². The zero-order valence-corrected chi connectivity index (χ0v) is 10.6. The van der Waals surface area contributed by atoms with Gasteiger partial charge in [0.1, 0.15) is 0 Å². The first-order chi connectivity index (χ1) is 8.11. The summed E-state index contributed by atoms with van der Waals surface area (Å²) >= 11 is 0. The second-order valence-corrected chi connectivity index (χ2v) is 4.41. The quantitative estimate of drug-likeness (QED) is 0.882. The highest BCUT2D eigenvalue weighted by Crippen LogP contribution is 2.27. The molecule has 0 bridgehead atoms. The van der Waals surface area contributed by atoms with E-state index in [9.17, 15) is 0 Å². The molecule has 2 rings (SSSR count). The number of hydrogen-bond donors (Lipinski definition) is 1. The standard InChI is InChI=1S/C14H18N2O/c1-9-6-11(3)12(7-10(9)2)13-8-16-14(17-13)4-5-15/h6-8H,4-5,15H2,1-3H3. The number of nitrogens with zero attached hydrogens (tertiary/aromatic N) is 1. The van der Waals surface area contributed by atoms with Gasteiger partial charge in [-0.2, -0.15) is 0 Å². The van der Waals surface area contributed by atoms with E-state index in [1.807, 2.05) is 0 Å². The lowest BCUT2D eigenvalue weighted by molar-refractivity contribution is 0.507. The monoisotopic (exact) mass is 230 g/mol. The van der Waals surface area contributed by atoms with Crippen LogP contribution in [0.2, 0.25) is 0 Å². The maximum atomic E-state index is 5.69. The zero-order valence-electron chi connectivity index (χ0n) is 10.6. The van der Waals surface area contributed by atoms with Gasteiger partial charge in [-0.1, -0.05) is 6.07 Å². The molecular weight excluding hydrogens is 212 g/mol. The van der Waals surface area contributed by atoms with Crippen LogP contribution in [0.15, 0.2) is 22.7 Å². The van der Waals surface area contributed by atoms with Crippen molar-refractivity contribution in [2.75, 3.05) is 6.54 Å². The molecule has 0 aliphatic heterocycles. The summed E-state index contributed by atoms with van der Waals surface area (Å²) in [6, 6.07) is 4.33. The molecule has 0 spiro atoms. The first kappa shape index (κ1) is 11.9. The van der Waals surface area contributed by atoms with Gasteiger partial charge in [-0.15, -0.1) is 0 Å². The minimum absolute atomic E-state index is 0.561. The molecule has 0 unspecified atom stereocenters. The Morgan fingerprint density at radius 1 is 1.12 bits per heavy atom. The Bertz CT molecular complexity index is 529. The Labute approximate surface area is 102 Å². The third-order valence-electron chi connectivity index (χ3n) is 3.02. The van der Waals surface area contributed by atoms with E-state index in [1.165, 1.54) is 16.7 Å². The number of rotatable bonds is 3. The van der Waals surface area contributed by atoms with Crippen molar-refractivity contribution in [1.29, 1.82) is 0 Å². The predicted molar refractivity (Wildman–Crippen MR) is 68.9 cm³/mol. The number of benzene rings is 1. The molecule has 0 radical (unpaired) electrons. The molecule has 3 nitrogen and oxygen atoms in total. The molecule has 0 aliphatic rings. The summed E-state index contributed by atoms with van der Waals surface area (Å²) in [5.41, 5.74) is 10.4. The van der Waals surface area contributed by atoms with Gasteiger partial charge >= 0.3 is 0 Å². The minimum Gasteiger partial charge on any atom is -0.441 e. The van der Waals surface area contributed by atoms with E-state index in [-0.39, 0.29) is 0 Å². The molecule has 0 atom stereocenters. The number of hydrogen-bond acceptors (Lipinski definition) is 3. The fraction of sp³-hybridized carbons (Fsp3) is 0.357. The zero-order chi connectivity index (χ0) is 12.4. The van der Waals surface area contributed by atoms with Gasteiger partial charge in [-0.25, -0.2) is 4.98 Å². The van der Waals surface area contributed by atoms with E-state index in [1.54, 1.807) is 6.20 Å². The average Bonchev–Trinajstić information content (AvgIpc) is 2.72. The van der Waals surface area contributed by atoms with E-state index in [0.29, 0.717) is 18.9 Å². The molecule has 0 amide bonds.